The van der Waals surface area contributed by atoms with Gasteiger partial charge in [0.15, 0.2) is 0 Å². The Morgan fingerprint density at radius 1 is 1.19 bits per heavy atom. The third-order valence-electron chi connectivity index (χ3n) is 4.23. The van der Waals surface area contributed by atoms with E-state index < -0.39 is 0 Å². The van der Waals surface area contributed by atoms with Crippen molar-refractivity contribution < 1.29 is 0 Å². The van der Waals surface area contributed by atoms with E-state index >= 15 is 0 Å². The molecule has 86 valence electrons. The number of benzene rings is 1. The molecule has 1 nitrogen and oxygen atoms in total. The van der Waals surface area contributed by atoms with Crippen LogP contribution in [-0.4, -0.2) is 13.1 Å². The summed E-state index contributed by atoms with van der Waals surface area (Å²) in [6.45, 7) is 2.48. The van der Waals surface area contributed by atoms with Crippen LogP contribution >= 0.6 is 0 Å². The molecule has 1 N–H and O–H groups in total. The summed E-state index contributed by atoms with van der Waals surface area (Å²) in [4.78, 5) is 0. The molecule has 0 bridgehead atoms. The second kappa shape index (κ2) is 4.58. The van der Waals surface area contributed by atoms with Gasteiger partial charge in [-0.05, 0) is 61.7 Å². The zero-order valence-corrected chi connectivity index (χ0v) is 9.91. The maximum Gasteiger partial charge on any atom is -0.00203 e. The minimum absolute atomic E-state index is 0.862. The molecule has 0 saturated carbocycles. The molecule has 1 heterocycles. The van der Waals surface area contributed by atoms with E-state index in [1.54, 1.807) is 11.1 Å². The summed E-state index contributed by atoms with van der Waals surface area (Å²) >= 11 is 0. The Kier molecular flexibility index (Phi) is 2.96. The zero-order valence-electron chi connectivity index (χ0n) is 9.91. The van der Waals surface area contributed by atoms with Gasteiger partial charge in [-0.1, -0.05) is 30.7 Å². The van der Waals surface area contributed by atoms with Crippen LogP contribution in [0.3, 0.4) is 0 Å². The first-order valence-corrected chi connectivity index (χ1v) is 6.72. The predicted molar refractivity (Wildman–Crippen MR) is 67.7 cm³/mol. The van der Waals surface area contributed by atoms with E-state index in [0.29, 0.717) is 0 Å². The first kappa shape index (κ1) is 10.3. The molecule has 1 aliphatic carbocycles. The van der Waals surface area contributed by atoms with Crippen molar-refractivity contribution >= 4 is 0 Å². The Labute approximate surface area is 98.3 Å². The lowest BCUT2D eigenvalue weighted by atomic mass is 9.73. The summed E-state index contributed by atoms with van der Waals surface area (Å²) in [5.41, 5.74) is 3.22. The van der Waals surface area contributed by atoms with Gasteiger partial charge in [-0.3, -0.25) is 0 Å². The lowest BCUT2D eigenvalue weighted by molar-refractivity contribution is 0.385. The van der Waals surface area contributed by atoms with E-state index in [4.69, 9.17) is 0 Å². The van der Waals surface area contributed by atoms with Gasteiger partial charge in [0.1, 0.15) is 0 Å². The average Bonchev–Trinajstić information content (AvgIpc) is 2.54. The molecule has 1 saturated heterocycles. The van der Waals surface area contributed by atoms with Crippen LogP contribution in [-0.2, 0) is 6.42 Å². The molecule has 1 aliphatic heterocycles. The standard InChI is InChI=1S/C15H21N/c1-2-7-15-13(6-1)10-14(15)9-12-5-3-4-8-16-11-12/h1-2,6-7,12,14,16H,3-5,8-11H2. The first-order chi connectivity index (χ1) is 7.93. The molecule has 2 atom stereocenters. The van der Waals surface area contributed by atoms with Crippen LogP contribution in [0.5, 0.6) is 0 Å². The van der Waals surface area contributed by atoms with Gasteiger partial charge in [0, 0.05) is 0 Å². The summed E-state index contributed by atoms with van der Waals surface area (Å²) < 4.78 is 0. The summed E-state index contributed by atoms with van der Waals surface area (Å²) in [6.07, 6.45) is 6.96. The Hall–Kier alpha value is -0.820. The Balaban J connectivity index is 1.60. The summed E-state index contributed by atoms with van der Waals surface area (Å²) in [5.74, 6) is 1.78. The Bertz CT molecular complexity index is 350. The van der Waals surface area contributed by atoms with Crippen molar-refractivity contribution in [1.82, 2.24) is 5.32 Å². The highest BCUT2D eigenvalue weighted by Gasteiger charge is 2.28. The number of hydrogen-bond donors (Lipinski definition) is 1. The van der Waals surface area contributed by atoms with E-state index in [-0.39, 0.29) is 0 Å². The minimum Gasteiger partial charge on any atom is -0.316 e. The normalized spacial score (nSPS) is 29.0. The number of fused-ring (bicyclic) bond motifs is 1. The maximum atomic E-state index is 3.57. The van der Waals surface area contributed by atoms with Crippen LogP contribution < -0.4 is 5.32 Å². The zero-order chi connectivity index (χ0) is 10.8. The van der Waals surface area contributed by atoms with E-state index in [2.05, 4.69) is 29.6 Å². The largest absolute Gasteiger partial charge is 0.316 e. The smallest absolute Gasteiger partial charge is 0.00203 e. The maximum absolute atomic E-state index is 3.57. The van der Waals surface area contributed by atoms with Crippen molar-refractivity contribution in [1.29, 1.82) is 0 Å². The van der Waals surface area contributed by atoms with Crippen LogP contribution in [0.1, 0.15) is 42.7 Å². The molecule has 1 fully saturated rings. The van der Waals surface area contributed by atoms with Crippen molar-refractivity contribution in [2.45, 2.75) is 38.0 Å². The quantitative estimate of drug-likeness (QED) is 0.799. The first-order valence-electron chi connectivity index (χ1n) is 6.72. The highest BCUT2D eigenvalue weighted by molar-refractivity contribution is 5.39. The second-order valence-electron chi connectivity index (χ2n) is 5.40. The molecular weight excluding hydrogens is 194 g/mol. The lowest BCUT2D eigenvalue weighted by Crippen LogP contribution is -2.25. The van der Waals surface area contributed by atoms with Crippen LogP contribution in [0, 0.1) is 5.92 Å². The molecule has 0 spiro atoms. The highest BCUT2D eigenvalue weighted by Crippen LogP contribution is 2.40. The number of hydrogen-bond acceptors (Lipinski definition) is 1. The molecular formula is C15H21N. The van der Waals surface area contributed by atoms with Gasteiger partial charge in [-0.25, -0.2) is 0 Å². The fourth-order valence-corrected chi connectivity index (χ4v) is 3.27. The van der Waals surface area contributed by atoms with Crippen molar-refractivity contribution in [3.8, 4) is 0 Å². The third-order valence-corrected chi connectivity index (χ3v) is 4.23. The number of nitrogens with one attached hydrogen (secondary N) is 1. The highest BCUT2D eigenvalue weighted by atomic mass is 14.9. The topological polar surface area (TPSA) is 12.0 Å². The fraction of sp³-hybridized carbons (Fsp3) is 0.600. The van der Waals surface area contributed by atoms with Crippen LogP contribution in [0.2, 0.25) is 0 Å². The van der Waals surface area contributed by atoms with Gasteiger partial charge in [0.25, 0.3) is 0 Å². The molecule has 0 aromatic heterocycles. The minimum atomic E-state index is 0.862. The van der Waals surface area contributed by atoms with Crippen molar-refractivity contribution in [3.63, 3.8) is 0 Å². The van der Waals surface area contributed by atoms with Gasteiger partial charge >= 0.3 is 0 Å². The SMILES string of the molecule is c1ccc2c(c1)CC2CC1CCCCNC1. The molecule has 2 unspecified atom stereocenters. The van der Waals surface area contributed by atoms with Gasteiger partial charge < -0.3 is 5.32 Å². The molecule has 0 radical (unpaired) electrons. The Morgan fingerprint density at radius 3 is 3.06 bits per heavy atom. The molecule has 1 heteroatoms. The van der Waals surface area contributed by atoms with Gasteiger partial charge in [0.05, 0.1) is 0 Å². The molecule has 16 heavy (non-hydrogen) atoms. The molecule has 2 aliphatic rings. The molecule has 1 aromatic rings. The van der Waals surface area contributed by atoms with Crippen LogP contribution in [0.15, 0.2) is 24.3 Å². The van der Waals surface area contributed by atoms with Crippen LogP contribution in [0.4, 0.5) is 0 Å². The van der Waals surface area contributed by atoms with Crippen molar-refractivity contribution in [3.05, 3.63) is 35.4 Å². The van der Waals surface area contributed by atoms with Crippen molar-refractivity contribution in [2.24, 2.45) is 5.92 Å². The van der Waals surface area contributed by atoms with Gasteiger partial charge in [0.2, 0.25) is 0 Å². The lowest BCUT2D eigenvalue weighted by Gasteiger charge is -2.32. The molecule has 1 aromatic carbocycles. The van der Waals surface area contributed by atoms with E-state index in [1.165, 1.54) is 45.2 Å². The van der Waals surface area contributed by atoms with Crippen LogP contribution in [0.25, 0.3) is 0 Å². The monoisotopic (exact) mass is 215 g/mol. The summed E-state index contributed by atoms with van der Waals surface area (Å²) in [5, 5.41) is 3.57. The fourth-order valence-electron chi connectivity index (χ4n) is 3.27. The van der Waals surface area contributed by atoms with E-state index in [9.17, 15) is 0 Å². The predicted octanol–water partition coefficient (Wildman–Crippen LogP) is 3.11. The summed E-state index contributed by atoms with van der Waals surface area (Å²) in [7, 11) is 0. The second-order valence-corrected chi connectivity index (χ2v) is 5.40. The van der Waals surface area contributed by atoms with E-state index in [0.717, 1.165) is 11.8 Å². The van der Waals surface area contributed by atoms with Crippen molar-refractivity contribution in [2.75, 3.05) is 13.1 Å². The average molecular weight is 215 g/mol. The Morgan fingerprint density at radius 2 is 2.12 bits per heavy atom. The van der Waals surface area contributed by atoms with Gasteiger partial charge in [-0.15, -0.1) is 0 Å². The third kappa shape index (κ3) is 2.01. The molecule has 3 rings (SSSR count). The molecule has 0 amide bonds. The summed E-state index contributed by atoms with van der Waals surface area (Å²) in [6, 6.07) is 8.98. The number of rotatable bonds is 2. The van der Waals surface area contributed by atoms with E-state index in [1.807, 2.05) is 0 Å². The van der Waals surface area contributed by atoms with Gasteiger partial charge in [-0.2, -0.15) is 0 Å².